The highest BCUT2D eigenvalue weighted by molar-refractivity contribution is 5.94. The van der Waals surface area contributed by atoms with Crippen molar-refractivity contribution in [2.24, 2.45) is 0 Å². The molecular weight excluding hydrogens is 390 g/mol. The number of rotatable bonds is 4. The number of nitrogens with two attached hydrogens (primary N) is 1. The number of H-pyrrole nitrogens is 1. The van der Waals surface area contributed by atoms with Crippen LogP contribution in [0.1, 0.15) is 77.0 Å². The van der Waals surface area contributed by atoms with Crippen LogP contribution >= 0.6 is 0 Å². The van der Waals surface area contributed by atoms with Crippen LogP contribution in [0, 0.1) is 0 Å². The number of amides is 1. The van der Waals surface area contributed by atoms with E-state index >= 15 is 0 Å². The van der Waals surface area contributed by atoms with E-state index in [1.54, 1.807) is 18.0 Å². The number of carbonyl (C=O) groups excluding carboxylic acids is 2. The van der Waals surface area contributed by atoms with Gasteiger partial charge in [0.2, 0.25) is 0 Å². The van der Waals surface area contributed by atoms with Crippen molar-refractivity contribution in [1.82, 2.24) is 9.88 Å². The molecule has 2 aliphatic rings. The van der Waals surface area contributed by atoms with E-state index in [4.69, 9.17) is 24.7 Å². The van der Waals surface area contributed by atoms with E-state index in [0.717, 1.165) is 0 Å². The number of carbonyl (C=O) groups is 2. The number of esters is 1. The lowest BCUT2D eigenvalue weighted by Gasteiger charge is -2.35. The first-order valence-electron chi connectivity index (χ1n) is 10.4. The van der Waals surface area contributed by atoms with Gasteiger partial charge < -0.3 is 29.7 Å². The smallest absolute Gasteiger partial charge is 0.411 e. The molecule has 3 N–H and O–H groups in total. The van der Waals surface area contributed by atoms with Gasteiger partial charge in [0.25, 0.3) is 0 Å². The predicted octanol–water partition coefficient (Wildman–Crippen LogP) is 3.36. The molecule has 1 aromatic heterocycles. The van der Waals surface area contributed by atoms with Crippen LogP contribution in [-0.2, 0) is 18.9 Å². The topological polar surface area (TPSA) is 116 Å². The van der Waals surface area contributed by atoms with Crippen LogP contribution in [-0.4, -0.2) is 58.2 Å². The molecule has 3 rings (SSSR count). The van der Waals surface area contributed by atoms with Crippen molar-refractivity contribution in [1.29, 1.82) is 0 Å². The lowest BCUT2D eigenvalue weighted by molar-refractivity contribution is -0.167. The van der Waals surface area contributed by atoms with Crippen molar-refractivity contribution in [3.05, 3.63) is 17.5 Å². The molecule has 9 heteroatoms. The summed E-state index contributed by atoms with van der Waals surface area (Å²) in [5.74, 6) is -1.34. The Morgan fingerprint density at radius 3 is 2.43 bits per heavy atom. The van der Waals surface area contributed by atoms with Gasteiger partial charge in [0, 0.05) is 11.8 Å². The molecule has 0 saturated carbocycles. The van der Waals surface area contributed by atoms with E-state index in [2.05, 4.69) is 4.98 Å². The van der Waals surface area contributed by atoms with Gasteiger partial charge in [-0.25, -0.2) is 9.59 Å². The van der Waals surface area contributed by atoms with Gasteiger partial charge in [-0.05, 0) is 48.0 Å². The third-order valence-corrected chi connectivity index (χ3v) is 5.28. The van der Waals surface area contributed by atoms with E-state index in [1.807, 2.05) is 41.5 Å². The number of ether oxygens (including phenoxy) is 4. The second-order valence-electron chi connectivity index (χ2n) is 9.13. The minimum Gasteiger partial charge on any atom is -0.461 e. The summed E-state index contributed by atoms with van der Waals surface area (Å²) in [4.78, 5) is 30.0. The number of nitrogens with zero attached hydrogens (tertiary/aromatic N) is 1. The quantitative estimate of drug-likeness (QED) is 0.713. The molecule has 1 aromatic rings. The van der Waals surface area contributed by atoms with Crippen molar-refractivity contribution in [2.75, 3.05) is 12.3 Å². The zero-order valence-electron chi connectivity index (χ0n) is 18.8. The average Bonchev–Trinajstić information content (AvgIpc) is 3.21. The van der Waals surface area contributed by atoms with Crippen molar-refractivity contribution < 1.29 is 28.5 Å². The molecule has 4 atom stereocenters. The summed E-state index contributed by atoms with van der Waals surface area (Å²) in [5.41, 5.74) is 6.64. The molecule has 1 amide bonds. The predicted molar refractivity (Wildman–Crippen MR) is 110 cm³/mol. The van der Waals surface area contributed by atoms with E-state index in [0.29, 0.717) is 12.0 Å². The first-order chi connectivity index (χ1) is 13.9. The Kier molecular flexibility index (Phi) is 5.81. The minimum atomic E-state index is -0.796. The fraction of sp³-hybridized carbons (Fsp3) is 0.714. The highest BCUT2D eigenvalue weighted by Crippen LogP contribution is 2.49. The molecule has 30 heavy (non-hydrogen) atoms. The van der Waals surface area contributed by atoms with Gasteiger partial charge in [-0.2, -0.15) is 0 Å². The van der Waals surface area contributed by atoms with E-state index in [1.165, 1.54) is 0 Å². The standard InChI is InChI=1S/C21H33N3O6/c1-8-12-16-17(29-21(6,7)28-16)15(24(12)19(26)30-20(3,4)5)11-10-23-14(13(11)22)18(25)27-9-2/h10,12,15-17,23H,8-9,22H2,1-7H3/t12-,15+,16-,17+/m1/s1. The lowest BCUT2D eigenvalue weighted by atomic mass is 10.0. The fourth-order valence-electron chi connectivity index (χ4n) is 4.27. The number of likely N-dealkylation sites (tertiary alicyclic amines) is 1. The maximum atomic E-state index is 13.2. The first-order valence-corrected chi connectivity index (χ1v) is 10.4. The normalized spacial score (nSPS) is 27.8. The van der Waals surface area contributed by atoms with Crippen LogP contribution in [0.15, 0.2) is 6.20 Å². The van der Waals surface area contributed by atoms with Gasteiger partial charge in [0.15, 0.2) is 5.79 Å². The monoisotopic (exact) mass is 423 g/mol. The van der Waals surface area contributed by atoms with Gasteiger partial charge in [0.05, 0.1) is 24.4 Å². The molecule has 0 radical (unpaired) electrons. The van der Waals surface area contributed by atoms with Crippen molar-refractivity contribution in [3.8, 4) is 0 Å². The number of nitrogen functional groups attached to an aromatic ring is 1. The Hall–Kier alpha value is -2.26. The summed E-state index contributed by atoms with van der Waals surface area (Å²) in [6, 6.07) is -0.840. The molecule has 0 unspecified atom stereocenters. The SMILES string of the molecule is CCOC(=O)c1[nH]cc([C@H]2[C@@H]3OC(C)(C)O[C@@H]3[C@@H](CC)N2C(=O)OC(C)(C)C)c1N. The Bertz CT molecular complexity index is 812. The largest absolute Gasteiger partial charge is 0.461 e. The van der Waals surface area contributed by atoms with Crippen LogP contribution in [0.4, 0.5) is 10.5 Å². The van der Waals surface area contributed by atoms with Gasteiger partial charge in [0.1, 0.15) is 23.5 Å². The van der Waals surface area contributed by atoms with Crippen molar-refractivity contribution in [3.63, 3.8) is 0 Å². The zero-order chi connectivity index (χ0) is 22.4. The molecular formula is C21H33N3O6. The molecule has 3 heterocycles. The highest BCUT2D eigenvalue weighted by Gasteiger charge is 2.60. The van der Waals surface area contributed by atoms with Crippen LogP contribution in [0.3, 0.4) is 0 Å². The van der Waals surface area contributed by atoms with Crippen LogP contribution in [0.5, 0.6) is 0 Å². The fourth-order valence-corrected chi connectivity index (χ4v) is 4.27. The summed E-state index contributed by atoms with van der Waals surface area (Å²) >= 11 is 0. The van der Waals surface area contributed by atoms with Crippen LogP contribution in [0.2, 0.25) is 0 Å². The Labute approximate surface area is 177 Å². The van der Waals surface area contributed by atoms with Gasteiger partial charge in [-0.3, -0.25) is 4.90 Å². The molecule has 9 nitrogen and oxygen atoms in total. The summed E-state index contributed by atoms with van der Waals surface area (Å²) in [5, 5.41) is 0. The third kappa shape index (κ3) is 4.00. The maximum absolute atomic E-state index is 13.2. The maximum Gasteiger partial charge on any atom is 0.411 e. The average molecular weight is 424 g/mol. The van der Waals surface area contributed by atoms with E-state index < -0.39 is 35.6 Å². The highest BCUT2D eigenvalue weighted by atomic mass is 16.8. The Morgan fingerprint density at radius 1 is 1.23 bits per heavy atom. The second-order valence-corrected chi connectivity index (χ2v) is 9.13. The summed E-state index contributed by atoms with van der Waals surface area (Å²) in [7, 11) is 0. The molecule has 168 valence electrons. The Morgan fingerprint density at radius 2 is 1.87 bits per heavy atom. The number of anilines is 1. The number of fused-ring (bicyclic) bond motifs is 1. The number of hydrogen-bond acceptors (Lipinski definition) is 7. The van der Waals surface area contributed by atoms with Crippen LogP contribution < -0.4 is 5.73 Å². The van der Waals surface area contributed by atoms with E-state index in [-0.39, 0.29) is 30.1 Å². The van der Waals surface area contributed by atoms with E-state index in [9.17, 15) is 9.59 Å². The minimum absolute atomic E-state index is 0.158. The summed E-state index contributed by atoms with van der Waals surface area (Å²) < 4.78 is 23.1. The zero-order valence-corrected chi connectivity index (χ0v) is 18.8. The third-order valence-electron chi connectivity index (χ3n) is 5.28. The van der Waals surface area contributed by atoms with Crippen LogP contribution in [0.25, 0.3) is 0 Å². The first kappa shape index (κ1) is 22.4. The molecule has 0 spiro atoms. The second kappa shape index (κ2) is 7.77. The number of nitrogens with one attached hydrogen (secondary N) is 1. The molecule has 2 aliphatic heterocycles. The molecule has 0 aromatic carbocycles. The molecule has 0 aliphatic carbocycles. The summed E-state index contributed by atoms with van der Waals surface area (Å²) in [6.45, 7) is 13.1. The van der Waals surface area contributed by atoms with Gasteiger partial charge in [-0.15, -0.1) is 0 Å². The summed E-state index contributed by atoms with van der Waals surface area (Å²) in [6.07, 6.45) is 1.00. The van der Waals surface area contributed by atoms with Crippen molar-refractivity contribution in [2.45, 2.75) is 90.6 Å². The Balaban J connectivity index is 2.05. The number of hydrogen-bond donors (Lipinski definition) is 2. The lowest BCUT2D eigenvalue weighted by Crippen LogP contribution is -2.45. The number of aromatic amines is 1. The van der Waals surface area contributed by atoms with Gasteiger partial charge in [-0.1, -0.05) is 6.92 Å². The number of aromatic nitrogens is 1. The molecule has 2 saturated heterocycles. The van der Waals surface area contributed by atoms with Crippen molar-refractivity contribution >= 4 is 17.7 Å². The molecule has 0 bridgehead atoms. The van der Waals surface area contributed by atoms with Gasteiger partial charge >= 0.3 is 12.1 Å². The molecule has 2 fully saturated rings.